The lowest BCUT2D eigenvalue weighted by atomic mass is 10.4. The molecule has 0 unspecified atom stereocenters. The van der Waals surface area contributed by atoms with Gasteiger partial charge in [-0.15, -0.1) is 24.8 Å². The van der Waals surface area contributed by atoms with Gasteiger partial charge >= 0.3 is 0 Å². The fourth-order valence-corrected chi connectivity index (χ4v) is 0.737. The Balaban J connectivity index is 0. The summed E-state index contributed by atoms with van der Waals surface area (Å²) in [6.07, 6.45) is 4.75. The van der Waals surface area contributed by atoms with Crippen LogP contribution in [0.1, 0.15) is 13.3 Å². The molecule has 0 fully saturated rings. The lowest BCUT2D eigenvalue weighted by Gasteiger charge is -2.01. The van der Waals surface area contributed by atoms with Crippen molar-refractivity contribution in [2.75, 3.05) is 11.9 Å². The summed E-state index contributed by atoms with van der Waals surface area (Å²) in [4.78, 5) is 3.98. The summed E-state index contributed by atoms with van der Waals surface area (Å²) in [6, 6.07) is 3.95. The van der Waals surface area contributed by atoms with Crippen LogP contribution in [0.15, 0.2) is 24.5 Å². The zero-order valence-corrected chi connectivity index (χ0v) is 8.62. The van der Waals surface area contributed by atoms with E-state index in [1.165, 1.54) is 0 Å². The first-order valence-electron chi connectivity index (χ1n) is 3.57. The van der Waals surface area contributed by atoms with E-state index in [9.17, 15) is 0 Å². The summed E-state index contributed by atoms with van der Waals surface area (Å²) < 4.78 is 0. The van der Waals surface area contributed by atoms with E-state index in [0.29, 0.717) is 0 Å². The molecule has 1 heterocycles. The molecule has 70 valence electrons. The lowest BCUT2D eigenvalue weighted by molar-refractivity contribution is 0.977. The predicted octanol–water partition coefficient (Wildman–Crippen LogP) is 2.75. The number of hydrogen-bond acceptors (Lipinski definition) is 2. The normalized spacial score (nSPS) is 7.75. The Bertz CT molecular complexity index is 180. The molecule has 4 heteroatoms. The molecule has 12 heavy (non-hydrogen) atoms. The van der Waals surface area contributed by atoms with Crippen molar-refractivity contribution in [3.63, 3.8) is 0 Å². The summed E-state index contributed by atoms with van der Waals surface area (Å²) in [5, 5.41) is 3.23. The second-order valence-corrected chi connectivity index (χ2v) is 2.17. The van der Waals surface area contributed by atoms with Gasteiger partial charge in [0.1, 0.15) is 0 Å². The molecule has 0 saturated carbocycles. The molecular weight excluding hydrogens is 195 g/mol. The number of nitrogens with one attached hydrogen (secondary N) is 1. The highest BCUT2D eigenvalue weighted by atomic mass is 35.5. The van der Waals surface area contributed by atoms with Crippen molar-refractivity contribution in [1.29, 1.82) is 0 Å². The lowest BCUT2D eigenvalue weighted by Crippen LogP contribution is -1.98. The summed E-state index contributed by atoms with van der Waals surface area (Å²) in [6.45, 7) is 3.16. The standard InChI is InChI=1S/C8H12N2.2ClH/c1-2-5-10-8-4-3-6-9-7-8;;/h3-4,6-7,10H,2,5H2,1H3;2*1H. The number of pyridine rings is 1. The van der Waals surface area contributed by atoms with Crippen LogP contribution in [-0.4, -0.2) is 11.5 Å². The topological polar surface area (TPSA) is 24.9 Å². The fourth-order valence-electron chi connectivity index (χ4n) is 0.737. The van der Waals surface area contributed by atoms with Crippen molar-refractivity contribution in [3.05, 3.63) is 24.5 Å². The minimum Gasteiger partial charge on any atom is -0.384 e. The minimum absolute atomic E-state index is 0. The molecule has 2 nitrogen and oxygen atoms in total. The van der Waals surface area contributed by atoms with E-state index in [0.717, 1.165) is 18.7 Å². The predicted molar refractivity (Wildman–Crippen MR) is 57.5 cm³/mol. The maximum atomic E-state index is 3.98. The van der Waals surface area contributed by atoms with Crippen LogP contribution in [0, 0.1) is 0 Å². The molecule has 0 aromatic carbocycles. The zero-order valence-electron chi connectivity index (χ0n) is 6.99. The van der Waals surface area contributed by atoms with Gasteiger partial charge in [0.15, 0.2) is 0 Å². The van der Waals surface area contributed by atoms with Crippen LogP contribution in [0.3, 0.4) is 0 Å². The van der Waals surface area contributed by atoms with Crippen LogP contribution >= 0.6 is 24.8 Å². The van der Waals surface area contributed by atoms with Crippen molar-refractivity contribution >= 4 is 30.5 Å². The molecule has 0 bridgehead atoms. The average Bonchev–Trinajstić information content (AvgIpc) is 2.03. The quantitative estimate of drug-likeness (QED) is 0.827. The molecule has 0 spiro atoms. The molecule has 1 aromatic rings. The van der Waals surface area contributed by atoms with Crippen molar-refractivity contribution < 1.29 is 0 Å². The van der Waals surface area contributed by atoms with Crippen LogP contribution in [0.5, 0.6) is 0 Å². The van der Waals surface area contributed by atoms with Crippen molar-refractivity contribution in [2.24, 2.45) is 0 Å². The monoisotopic (exact) mass is 208 g/mol. The highest BCUT2D eigenvalue weighted by Crippen LogP contribution is 2.01. The second kappa shape index (κ2) is 8.62. The number of rotatable bonds is 3. The summed E-state index contributed by atoms with van der Waals surface area (Å²) in [7, 11) is 0. The third kappa shape index (κ3) is 5.22. The molecule has 1 aromatic heterocycles. The van der Waals surface area contributed by atoms with E-state index in [4.69, 9.17) is 0 Å². The van der Waals surface area contributed by atoms with Crippen LogP contribution in [0.2, 0.25) is 0 Å². The highest BCUT2D eigenvalue weighted by molar-refractivity contribution is 5.85. The smallest absolute Gasteiger partial charge is 0.0526 e. The second-order valence-electron chi connectivity index (χ2n) is 2.17. The molecule has 1 rings (SSSR count). The SMILES string of the molecule is CCCNc1cccnc1.Cl.Cl. The molecule has 0 atom stereocenters. The summed E-state index contributed by atoms with van der Waals surface area (Å²) >= 11 is 0. The Morgan fingerprint density at radius 3 is 2.67 bits per heavy atom. The van der Waals surface area contributed by atoms with Gasteiger partial charge in [0.05, 0.1) is 5.69 Å². The van der Waals surface area contributed by atoms with E-state index in [2.05, 4.69) is 17.2 Å². The van der Waals surface area contributed by atoms with Crippen molar-refractivity contribution in [2.45, 2.75) is 13.3 Å². The third-order valence-corrected chi connectivity index (χ3v) is 1.24. The first kappa shape index (κ1) is 14.1. The van der Waals surface area contributed by atoms with E-state index >= 15 is 0 Å². The number of halogens is 2. The summed E-state index contributed by atoms with van der Waals surface area (Å²) in [5.74, 6) is 0. The Morgan fingerprint density at radius 1 is 1.42 bits per heavy atom. The first-order chi connectivity index (χ1) is 4.93. The van der Waals surface area contributed by atoms with Gasteiger partial charge in [-0.25, -0.2) is 0 Å². The first-order valence-corrected chi connectivity index (χ1v) is 3.57. The Labute approximate surface area is 85.6 Å². The van der Waals surface area contributed by atoms with Gasteiger partial charge in [-0.3, -0.25) is 4.98 Å². The number of anilines is 1. The van der Waals surface area contributed by atoms with Crippen LogP contribution in [-0.2, 0) is 0 Å². The van der Waals surface area contributed by atoms with Crippen molar-refractivity contribution in [1.82, 2.24) is 4.98 Å². The van der Waals surface area contributed by atoms with E-state index in [-0.39, 0.29) is 24.8 Å². The Kier molecular flexibility index (Phi) is 10.1. The van der Waals surface area contributed by atoms with Crippen molar-refractivity contribution in [3.8, 4) is 0 Å². The van der Waals surface area contributed by atoms with Gasteiger partial charge in [-0.1, -0.05) is 6.92 Å². The van der Waals surface area contributed by atoms with Gasteiger partial charge in [-0.05, 0) is 18.6 Å². The van der Waals surface area contributed by atoms with E-state index < -0.39 is 0 Å². The molecule has 0 amide bonds. The summed E-state index contributed by atoms with van der Waals surface area (Å²) in [5.41, 5.74) is 1.10. The fraction of sp³-hybridized carbons (Fsp3) is 0.375. The molecule has 0 saturated heterocycles. The average molecular weight is 209 g/mol. The molecule has 0 aliphatic rings. The van der Waals surface area contributed by atoms with Crippen LogP contribution in [0.25, 0.3) is 0 Å². The highest BCUT2D eigenvalue weighted by Gasteiger charge is 1.85. The van der Waals surface area contributed by atoms with Crippen LogP contribution < -0.4 is 5.32 Å². The Morgan fingerprint density at radius 2 is 2.17 bits per heavy atom. The largest absolute Gasteiger partial charge is 0.384 e. The maximum absolute atomic E-state index is 3.98. The maximum Gasteiger partial charge on any atom is 0.0526 e. The number of nitrogens with zero attached hydrogens (tertiary/aromatic N) is 1. The molecule has 0 radical (unpaired) electrons. The number of hydrogen-bond donors (Lipinski definition) is 1. The van der Waals surface area contributed by atoms with E-state index in [1.807, 2.05) is 18.3 Å². The van der Waals surface area contributed by atoms with Gasteiger partial charge in [0.2, 0.25) is 0 Å². The van der Waals surface area contributed by atoms with Gasteiger partial charge in [-0.2, -0.15) is 0 Å². The molecule has 1 N–H and O–H groups in total. The van der Waals surface area contributed by atoms with Gasteiger partial charge in [0.25, 0.3) is 0 Å². The molecule has 0 aliphatic carbocycles. The zero-order chi connectivity index (χ0) is 7.23. The molecule has 0 aliphatic heterocycles. The van der Waals surface area contributed by atoms with Gasteiger partial charge in [0, 0.05) is 18.9 Å². The molecular formula is C8H14Cl2N2. The van der Waals surface area contributed by atoms with Gasteiger partial charge < -0.3 is 5.32 Å². The number of aromatic nitrogens is 1. The van der Waals surface area contributed by atoms with E-state index in [1.54, 1.807) is 6.20 Å². The Hall–Kier alpha value is -0.470. The minimum atomic E-state index is 0. The third-order valence-electron chi connectivity index (χ3n) is 1.24. The van der Waals surface area contributed by atoms with Crippen LogP contribution in [0.4, 0.5) is 5.69 Å².